The highest BCUT2D eigenvalue weighted by atomic mass is 35.5. The first kappa shape index (κ1) is 20.8. The van der Waals surface area contributed by atoms with Crippen LogP contribution >= 0.6 is 11.6 Å². The Morgan fingerprint density at radius 3 is 2.69 bits per heavy atom. The Morgan fingerprint density at radius 1 is 1.21 bits per heavy atom. The molecule has 152 valence electrons. The number of ether oxygens (including phenoxy) is 2. The number of esters is 1. The Labute approximate surface area is 174 Å². The molecule has 0 spiro atoms. The molecule has 0 aromatic heterocycles. The molecular formula is C21H22ClN3O4. The summed E-state index contributed by atoms with van der Waals surface area (Å²) < 4.78 is 10.3. The number of aliphatic imine (C=N–C) groups is 1. The average molecular weight is 416 g/mol. The number of nitrogens with one attached hydrogen (secondary N) is 2. The molecule has 0 unspecified atom stereocenters. The number of hydrogen-bond acceptors (Lipinski definition) is 5. The van der Waals surface area contributed by atoms with Crippen molar-refractivity contribution in [2.24, 2.45) is 4.99 Å². The summed E-state index contributed by atoms with van der Waals surface area (Å²) in [5.41, 5.74) is 1.43. The van der Waals surface area contributed by atoms with Gasteiger partial charge in [-0.15, -0.1) is 0 Å². The second-order valence-corrected chi connectivity index (χ2v) is 6.92. The summed E-state index contributed by atoms with van der Waals surface area (Å²) in [7, 11) is 1.32. The molecule has 2 aromatic carbocycles. The number of guanidine groups is 1. The van der Waals surface area contributed by atoms with Crippen LogP contribution in [0, 0.1) is 0 Å². The van der Waals surface area contributed by atoms with Gasteiger partial charge in [-0.1, -0.05) is 17.7 Å². The molecule has 2 aromatic rings. The van der Waals surface area contributed by atoms with Gasteiger partial charge in [0.1, 0.15) is 0 Å². The first-order valence-corrected chi connectivity index (χ1v) is 9.61. The fraction of sp³-hybridized carbons (Fsp3) is 0.286. The molecule has 0 aliphatic carbocycles. The summed E-state index contributed by atoms with van der Waals surface area (Å²) in [6, 6.07) is 13.3. The fourth-order valence-corrected chi connectivity index (χ4v) is 2.98. The van der Waals surface area contributed by atoms with Crippen molar-refractivity contribution in [3.8, 4) is 0 Å². The molecule has 1 aliphatic heterocycles. The van der Waals surface area contributed by atoms with Crippen molar-refractivity contribution in [1.29, 1.82) is 0 Å². The van der Waals surface area contributed by atoms with Crippen molar-refractivity contribution >= 4 is 35.1 Å². The summed E-state index contributed by atoms with van der Waals surface area (Å²) in [6.45, 7) is 1.14. The highest BCUT2D eigenvalue weighted by molar-refractivity contribution is 6.30. The smallest absolute Gasteiger partial charge is 0.337 e. The van der Waals surface area contributed by atoms with Crippen molar-refractivity contribution < 1.29 is 19.1 Å². The summed E-state index contributed by atoms with van der Waals surface area (Å²) in [5, 5.41) is 6.38. The second kappa shape index (κ2) is 10.0. The number of nitrogens with zero attached hydrogens (tertiary/aromatic N) is 1. The van der Waals surface area contributed by atoms with E-state index in [0.29, 0.717) is 28.4 Å². The monoisotopic (exact) mass is 415 g/mol. The van der Waals surface area contributed by atoms with Crippen LogP contribution in [0.15, 0.2) is 53.5 Å². The molecule has 1 amide bonds. The SMILES string of the molecule is COC(=O)c1cccc(NC(=NC[C@H]2CCCO2)NC(=O)c2ccc(Cl)cc2)c1. The minimum absolute atomic E-state index is 0.0284. The molecule has 29 heavy (non-hydrogen) atoms. The molecule has 0 saturated carbocycles. The Morgan fingerprint density at radius 2 is 2.00 bits per heavy atom. The van der Waals surface area contributed by atoms with Crippen LogP contribution in [0.3, 0.4) is 0 Å². The lowest BCUT2D eigenvalue weighted by atomic mass is 10.2. The number of benzene rings is 2. The van der Waals surface area contributed by atoms with E-state index < -0.39 is 5.97 Å². The van der Waals surface area contributed by atoms with Crippen LogP contribution in [-0.4, -0.2) is 44.2 Å². The summed E-state index contributed by atoms with van der Waals surface area (Å²) >= 11 is 5.88. The van der Waals surface area contributed by atoms with Gasteiger partial charge in [0, 0.05) is 22.9 Å². The minimum atomic E-state index is -0.448. The van der Waals surface area contributed by atoms with Gasteiger partial charge in [-0.25, -0.2) is 9.79 Å². The van der Waals surface area contributed by atoms with Crippen LogP contribution < -0.4 is 10.6 Å². The van der Waals surface area contributed by atoms with Crippen molar-refractivity contribution in [2.75, 3.05) is 25.6 Å². The third-order valence-corrected chi connectivity index (χ3v) is 4.61. The maximum Gasteiger partial charge on any atom is 0.337 e. The molecule has 0 radical (unpaired) electrons. The minimum Gasteiger partial charge on any atom is -0.465 e. The van der Waals surface area contributed by atoms with E-state index in [-0.39, 0.29) is 18.0 Å². The van der Waals surface area contributed by atoms with Crippen molar-refractivity contribution in [2.45, 2.75) is 18.9 Å². The standard InChI is InChI=1S/C21H22ClN3O4/c1-28-20(27)15-4-2-5-17(12-15)24-21(23-13-18-6-3-11-29-18)25-19(26)14-7-9-16(22)10-8-14/h2,4-5,7-10,12,18H,3,6,11,13H2,1H3,(H2,23,24,25,26)/t18-/m1/s1. The van der Waals surface area contributed by atoms with E-state index in [0.717, 1.165) is 19.4 Å². The van der Waals surface area contributed by atoms with Gasteiger partial charge >= 0.3 is 5.97 Å². The van der Waals surface area contributed by atoms with E-state index in [4.69, 9.17) is 21.1 Å². The van der Waals surface area contributed by atoms with Crippen LogP contribution in [-0.2, 0) is 9.47 Å². The van der Waals surface area contributed by atoms with Gasteiger partial charge in [-0.05, 0) is 55.3 Å². The van der Waals surface area contributed by atoms with Gasteiger partial charge < -0.3 is 14.8 Å². The molecule has 1 aliphatic rings. The maximum absolute atomic E-state index is 12.6. The molecule has 3 rings (SSSR count). The number of rotatable bonds is 5. The van der Waals surface area contributed by atoms with Crippen molar-refractivity contribution in [3.63, 3.8) is 0 Å². The first-order valence-electron chi connectivity index (χ1n) is 9.23. The number of methoxy groups -OCH3 is 1. The van der Waals surface area contributed by atoms with E-state index in [1.165, 1.54) is 7.11 Å². The molecular weight excluding hydrogens is 394 g/mol. The first-order chi connectivity index (χ1) is 14.0. The average Bonchev–Trinajstić information content (AvgIpc) is 3.25. The molecule has 1 atom stereocenters. The van der Waals surface area contributed by atoms with E-state index in [2.05, 4.69) is 15.6 Å². The molecule has 7 nitrogen and oxygen atoms in total. The molecule has 8 heteroatoms. The third kappa shape index (κ3) is 6.04. The zero-order valence-corrected chi connectivity index (χ0v) is 16.7. The lowest BCUT2D eigenvalue weighted by molar-refractivity contribution is 0.0600. The van der Waals surface area contributed by atoms with Crippen LogP contribution in [0.25, 0.3) is 0 Å². The van der Waals surface area contributed by atoms with Gasteiger partial charge in [-0.2, -0.15) is 0 Å². The zero-order chi connectivity index (χ0) is 20.6. The lowest BCUT2D eigenvalue weighted by Gasteiger charge is -2.14. The molecule has 0 bridgehead atoms. The van der Waals surface area contributed by atoms with Crippen LogP contribution in [0.4, 0.5) is 5.69 Å². The number of anilines is 1. The zero-order valence-electron chi connectivity index (χ0n) is 16.0. The van der Waals surface area contributed by atoms with Crippen LogP contribution in [0.2, 0.25) is 5.02 Å². The number of carbonyl (C=O) groups is 2. The highest BCUT2D eigenvalue weighted by Gasteiger charge is 2.16. The topological polar surface area (TPSA) is 89.0 Å². The maximum atomic E-state index is 12.6. The van der Waals surface area contributed by atoms with Gasteiger partial charge in [-0.3, -0.25) is 10.1 Å². The Kier molecular flexibility index (Phi) is 7.21. The summed E-state index contributed by atoms with van der Waals surface area (Å²) in [6.07, 6.45) is 1.96. The number of amides is 1. The Balaban J connectivity index is 1.77. The molecule has 1 saturated heterocycles. The predicted molar refractivity (Wildman–Crippen MR) is 112 cm³/mol. The molecule has 1 fully saturated rings. The van der Waals surface area contributed by atoms with Crippen LogP contribution in [0.5, 0.6) is 0 Å². The van der Waals surface area contributed by atoms with E-state index in [9.17, 15) is 9.59 Å². The number of halogens is 1. The van der Waals surface area contributed by atoms with Crippen molar-refractivity contribution in [1.82, 2.24) is 5.32 Å². The Hall–Kier alpha value is -2.90. The fourth-order valence-electron chi connectivity index (χ4n) is 2.85. The van der Waals surface area contributed by atoms with Gasteiger partial charge in [0.15, 0.2) is 0 Å². The van der Waals surface area contributed by atoms with E-state index >= 15 is 0 Å². The third-order valence-electron chi connectivity index (χ3n) is 4.36. The number of carbonyl (C=O) groups excluding carboxylic acids is 2. The van der Waals surface area contributed by atoms with Gasteiger partial charge in [0.25, 0.3) is 5.91 Å². The normalized spacial score (nSPS) is 16.3. The van der Waals surface area contributed by atoms with Gasteiger partial charge in [0.05, 0.1) is 25.3 Å². The molecule has 2 N–H and O–H groups in total. The molecule has 1 heterocycles. The quantitative estimate of drug-likeness (QED) is 0.443. The van der Waals surface area contributed by atoms with E-state index in [1.54, 1.807) is 48.5 Å². The van der Waals surface area contributed by atoms with Crippen LogP contribution in [0.1, 0.15) is 33.6 Å². The highest BCUT2D eigenvalue weighted by Crippen LogP contribution is 2.14. The number of hydrogen-bond donors (Lipinski definition) is 2. The lowest BCUT2D eigenvalue weighted by Crippen LogP contribution is -2.36. The largest absolute Gasteiger partial charge is 0.465 e. The summed E-state index contributed by atoms with van der Waals surface area (Å²) in [5.74, 6) is -0.511. The van der Waals surface area contributed by atoms with Crippen molar-refractivity contribution in [3.05, 3.63) is 64.7 Å². The van der Waals surface area contributed by atoms with E-state index in [1.807, 2.05) is 0 Å². The Bertz CT molecular complexity index is 893. The summed E-state index contributed by atoms with van der Waals surface area (Å²) in [4.78, 5) is 28.8. The van der Waals surface area contributed by atoms with Gasteiger partial charge in [0.2, 0.25) is 5.96 Å². The second-order valence-electron chi connectivity index (χ2n) is 6.48. The predicted octanol–water partition coefficient (Wildman–Crippen LogP) is 3.50.